The number of hydrogen-bond donors (Lipinski definition) is 3. The first-order valence-electron chi connectivity index (χ1n) is 3.94. The third-order valence-corrected chi connectivity index (χ3v) is 2.14. The van der Waals surface area contributed by atoms with Crippen molar-refractivity contribution in [2.75, 3.05) is 26.7 Å². The van der Waals surface area contributed by atoms with Crippen LogP contribution >= 0.6 is 0 Å². The predicted molar refractivity (Wildman–Crippen MR) is 43.0 cm³/mol. The fourth-order valence-electron chi connectivity index (χ4n) is 1.34. The van der Waals surface area contributed by atoms with Gasteiger partial charge in [0.25, 0.3) is 0 Å². The Kier molecular flexibility index (Phi) is 2.88. The second-order valence-corrected chi connectivity index (χ2v) is 3.15. The number of aliphatic hydroxyl groups is 1. The van der Waals surface area contributed by atoms with Crippen molar-refractivity contribution >= 4 is 6.09 Å². The Morgan fingerprint density at radius 2 is 2.33 bits per heavy atom. The van der Waals surface area contributed by atoms with Crippen LogP contribution in [0.1, 0.15) is 0 Å². The van der Waals surface area contributed by atoms with Gasteiger partial charge >= 0.3 is 6.09 Å². The van der Waals surface area contributed by atoms with Gasteiger partial charge in [-0.25, -0.2) is 4.79 Å². The van der Waals surface area contributed by atoms with Gasteiger partial charge in [0.15, 0.2) is 0 Å². The first-order valence-corrected chi connectivity index (χ1v) is 3.94. The molecule has 1 amide bonds. The van der Waals surface area contributed by atoms with Crippen LogP contribution in [-0.4, -0.2) is 54.0 Å². The number of carbonyl (C=O) groups is 1. The molecule has 0 aromatic carbocycles. The second kappa shape index (κ2) is 3.73. The van der Waals surface area contributed by atoms with E-state index >= 15 is 0 Å². The Balaban J connectivity index is 2.35. The quantitative estimate of drug-likeness (QED) is 0.511. The average Bonchev–Trinajstić information content (AvgIpc) is 2.36. The Labute approximate surface area is 71.0 Å². The molecule has 5 nitrogen and oxygen atoms in total. The van der Waals surface area contributed by atoms with E-state index < -0.39 is 12.2 Å². The zero-order valence-corrected chi connectivity index (χ0v) is 7.03. The van der Waals surface area contributed by atoms with Crippen molar-refractivity contribution in [2.45, 2.75) is 6.10 Å². The molecule has 2 atom stereocenters. The largest absolute Gasteiger partial charge is 0.465 e. The molecule has 0 aliphatic carbocycles. The van der Waals surface area contributed by atoms with E-state index in [2.05, 4.69) is 5.32 Å². The highest BCUT2D eigenvalue weighted by molar-refractivity contribution is 5.64. The van der Waals surface area contributed by atoms with Gasteiger partial charge in [-0.3, -0.25) is 0 Å². The van der Waals surface area contributed by atoms with Crippen molar-refractivity contribution < 1.29 is 15.0 Å². The Hall–Kier alpha value is -0.810. The molecule has 5 heteroatoms. The molecule has 1 heterocycles. The number of nitrogens with zero attached hydrogens (tertiary/aromatic N) is 1. The van der Waals surface area contributed by atoms with E-state index in [4.69, 9.17) is 5.11 Å². The van der Waals surface area contributed by atoms with E-state index in [-0.39, 0.29) is 5.92 Å². The zero-order valence-electron chi connectivity index (χ0n) is 7.03. The summed E-state index contributed by atoms with van der Waals surface area (Å²) in [7, 11) is 1.51. The van der Waals surface area contributed by atoms with Crippen LogP contribution in [0.3, 0.4) is 0 Å². The third kappa shape index (κ3) is 2.09. The lowest BCUT2D eigenvalue weighted by Gasteiger charge is -2.19. The fraction of sp³-hybridized carbons (Fsp3) is 0.857. The van der Waals surface area contributed by atoms with Crippen LogP contribution in [-0.2, 0) is 0 Å². The molecule has 1 aliphatic heterocycles. The minimum absolute atomic E-state index is 0.0334. The standard InChI is InChI=1S/C7H14N2O3/c1-9(7(11)12)4-5-2-8-3-6(5)10/h5-6,8,10H,2-4H2,1H3,(H,11,12)/t5-,6-/m0/s1. The van der Waals surface area contributed by atoms with Crippen LogP contribution in [0.15, 0.2) is 0 Å². The van der Waals surface area contributed by atoms with Crippen LogP contribution in [0, 0.1) is 5.92 Å². The van der Waals surface area contributed by atoms with Gasteiger partial charge in [-0.2, -0.15) is 0 Å². The molecule has 1 saturated heterocycles. The number of nitrogens with one attached hydrogen (secondary N) is 1. The first kappa shape index (κ1) is 9.28. The van der Waals surface area contributed by atoms with Crippen LogP contribution in [0.2, 0.25) is 0 Å². The van der Waals surface area contributed by atoms with Crippen molar-refractivity contribution in [1.29, 1.82) is 0 Å². The van der Waals surface area contributed by atoms with Crippen LogP contribution in [0.5, 0.6) is 0 Å². The molecule has 70 valence electrons. The van der Waals surface area contributed by atoms with Gasteiger partial charge in [-0.1, -0.05) is 0 Å². The summed E-state index contributed by atoms with van der Waals surface area (Å²) in [5, 5.41) is 20.9. The van der Waals surface area contributed by atoms with E-state index in [9.17, 15) is 9.90 Å². The molecule has 0 aromatic heterocycles. The fourth-order valence-corrected chi connectivity index (χ4v) is 1.34. The van der Waals surface area contributed by atoms with Gasteiger partial charge in [-0.05, 0) is 0 Å². The van der Waals surface area contributed by atoms with Crippen molar-refractivity contribution in [3.8, 4) is 0 Å². The summed E-state index contributed by atoms with van der Waals surface area (Å²) in [5.41, 5.74) is 0. The normalized spacial score (nSPS) is 28.8. The molecule has 3 N–H and O–H groups in total. The lowest BCUT2D eigenvalue weighted by Crippen LogP contribution is -2.35. The summed E-state index contributed by atoms with van der Waals surface area (Å²) in [6.07, 6.45) is -1.36. The lowest BCUT2D eigenvalue weighted by atomic mass is 10.1. The highest BCUT2D eigenvalue weighted by Gasteiger charge is 2.26. The van der Waals surface area contributed by atoms with E-state index in [0.29, 0.717) is 19.6 Å². The second-order valence-electron chi connectivity index (χ2n) is 3.15. The maximum absolute atomic E-state index is 10.4. The number of hydrogen-bond acceptors (Lipinski definition) is 3. The molecule has 1 fully saturated rings. The molecule has 1 aliphatic rings. The topological polar surface area (TPSA) is 72.8 Å². The van der Waals surface area contributed by atoms with Gasteiger partial charge in [-0.15, -0.1) is 0 Å². The van der Waals surface area contributed by atoms with E-state index in [0.717, 1.165) is 0 Å². The first-order chi connectivity index (χ1) is 5.61. The average molecular weight is 174 g/mol. The van der Waals surface area contributed by atoms with Crippen molar-refractivity contribution in [3.63, 3.8) is 0 Å². The summed E-state index contributed by atoms with van der Waals surface area (Å²) < 4.78 is 0. The Bertz CT molecular complexity index is 174. The van der Waals surface area contributed by atoms with Gasteiger partial charge in [0.05, 0.1) is 6.10 Å². The van der Waals surface area contributed by atoms with E-state index in [1.54, 1.807) is 0 Å². The zero-order chi connectivity index (χ0) is 9.14. The van der Waals surface area contributed by atoms with Crippen LogP contribution < -0.4 is 5.32 Å². The molecular formula is C7H14N2O3. The SMILES string of the molecule is CN(C[C@@H]1CNC[C@@H]1O)C(=O)O. The summed E-state index contributed by atoms with van der Waals surface area (Å²) in [6, 6.07) is 0. The Morgan fingerprint density at radius 3 is 2.75 bits per heavy atom. The summed E-state index contributed by atoms with van der Waals surface area (Å²) in [5.74, 6) is 0.0334. The molecular weight excluding hydrogens is 160 g/mol. The minimum Gasteiger partial charge on any atom is -0.465 e. The Morgan fingerprint density at radius 1 is 1.67 bits per heavy atom. The summed E-state index contributed by atoms with van der Waals surface area (Å²) in [4.78, 5) is 11.6. The maximum atomic E-state index is 10.4. The smallest absolute Gasteiger partial charge is 0.407 e. The number of rotatable bonds is 2. The number of amides is 1. The predicted octanol–water partition coefficient (Wildman–Crippen LogP) is -0.823. The van der Waals surface area contributed by atoms with Crippen molar-refractivity contribution in [1.82, 2.24) is 10.2 Å². The highest BCUT2D eigenvalue weighted by Crippen LogP contribution is 2.09. The monoisotopic (exact) mass is 174 g/mol. The molecule has 0 saturated carbocycles. The van der Waals surface area contributed by atoms with Crippen LogP contribution in [0.25, 0.3) is 0 Å². The molecule has 1 rings (SSSR count). The molecule has 0 bridgehead atoms. The maximum Gasteiger partial charge on any atom is 0.407 e. The number of carboxylic acid groups (broad SMARTS) is 1. The molecule has 12 heavy (non-hydrogen) atoms. The molecule has 0 unspecified atom stereocenters. The van der Waals surface area contributed by atoms with E-state index in [1.807, 2.05) is 0 Å². The molecule has 0 aromatic rings. The molecule has 0 radical (unpaired) electrons. The van der Waals surface area contributed by atoms with Crippen molar-refractivity contribution in [2.24, 2.45) is 5.92 Å². The van der Waals surface area contributed by atoms with Gasteiger partial charge < -0.3 is 20.4 Å². The van der Waals surface area contributed by atoms with Crippen LogP contribution in [0.4, 0.5) is 4.79 Å². The van der Waals surface area contributed by atoms with Gasteiger partial charge in [0.1, 0.15) is 0 Å². The van der Waals surface area contributed by atoms with Gasteiger partial charge in [0.2, 0.25) is 0 Å². The van der Waals surface area contributed by atoms with E-state index in [1.165, 1.54) is 11.9 Å². The van der Waals surface area contributed by atoms with Crippen molar-refractivity contribution in [3.05, 3.63) is 0 Å². The van der Waals surface area contributed by atoms with Gasteiger partial charge in [0, 0.05) is 32.6 Å². The summed E-state index contributed by atoms with van der Waals surface area (Å²) in [6.45, 7) is 1.65. The molecule has 0 spiro atoms. The lowest BCUT2D eigenvalue weighted by molar-refractivity contribution is 0.112. The summed E-state index contributed by atoms with van der Waals surface area (Å²) >= 11 is 0. The number of β-amino-alcohol motifs (C(OH)–C–C–N with tert-alkyl or cyclic N) is 1. The highest BCUT2D eigenvalue weighted by atomic mass is 16.4. The third-order valence-electron chi connectivity index (χ3n) is 2.14. The number of aliphatic hydroxyl groups excluding tert-OH is 1. The minimum atomic E-state index is -0.950.